The summed E-state index contributed by atoms with van der Waals surface area (Å²) in [5.41, 5.74) is 1.19. The minimum Gasteiger partial charge on any atom is -0.394 e. The van der Waals surface area contributed by atoms with E-state index in [4.69, 9.17) is 10.2 Å². The molecule has 0 spiro atoms. The maximum Gasteiger partial charge on any atom is 0.0895 e. The van der Waals surface area contributed by atoms with Gasteiger partial charge in [-0.1, -0.05) is 0 Å². The van der Waals surface area contributed by atoms with Gasteiger partial charge in [0, 0.05) is 31.5 Å². The molecule has 4 nitrogen and oxygen atoms in total. The molecule has 4 heteroatoms. The van der Waals surface area contributed by atoms with E-state index in [1.54, 1.807) is 0 Å². The number of aromatic nitrogens is 1. The van der Waals surface area contributed by atoms with Crippen LogP contribution in [0.25, 0.3) is 0 Å². The van der Waals surface area contributed by atoms with Crippen molar-refractivity contribution in [3.8, 4) is 0 Å². The molecular formula is C10H18N2O2. The van der Waals surface area contributed by atoms with Gasteiger partial charge in [0.15, 0.2) is 0 Å². The monoisotopic (exact) mass is 198 g/mol. The van der Waals surface area contributed by atoms with Crippen LogP contribution in [-0.2, 0) is 13.1 Å². The minimum atomic E-state index is -0.667. The van der Waals surface area contributed by atoms with Gasteiger partial charge in [-0.3, -0.25) is 0 Å². The second kappa shape index (κ2) is 5.80. The van der Waals surface area contributed by atoms with Crippen molar-refractivity contribution < 1.29 is 10.2 Å². The zero-order valence-corrected chi connectivity index (χ0v) is 8.48. The van der Waals surface area contributed by atoms with E-state index in [0.717, 1.165) is 13.1 Å². The molecule has 0 radical (unpaired) electrons. The van der Waals surface area contributed by atoms with Crippen molar-refractivity contribution in [2.75, 3.05) is 13.2 Å². The van der Waals surface area contributed by atoms with Gasteiger partial charge < -0.3 is 20.1 Å². The smallest absolute Gasteiger partial charge is 0.0895 e. The second-order valence-electron chi connectivity index (χ2n) is 3.25. The van der Waals surface area contributed by atoms with E-state index < -0.39 is 6.10 Å². The van der Waals surface area contributed by atoms with Crippen molar-refractivity contribution in [2.45, 2.75) is 26.1 Å². The Bertz CT molecular complexity index is 260. The summed E-state index contributed by atoms with van der Waals surface area (Å²) < 4.78 is 2.14. The molecule has 0 amide bonds. The van der Waals surface area contributed by atoms with Crippen LogP contribution in [0, 0.1) is 0 Å². The summed E-state index contributed by atoms with van der Waals surface area (Å²) in [4.78, 5) is 0. The van der Waals surface area contributed by atoms with Gasteiger partial charge in [0.1, 0.15) is 0 Å². The molecule has 0 saturated carbocycles. The average molecular weight is 198 g/mol. The van der Waals surface area contributed by atoms with Crippen molar-refractivity contribution in [3.05, 3.63) is 24.0 Å². The lowest BCUT2D eigenvalue weighted by molar-refractivity contribution is 0.0941. The third-order valence-electron chi connectivity index (χ3n) is 2.16. The molecule has 1 atom stereocenters. The van der Waals surface area contributed by atoms with Crippen molar-refractivity contribution >= 4 is 0 Å². The number of rotatable bonds is 6. The number of hydrogen-bond donors (Lipinski definition) is 3. The summed E-state index contributed by atoms with van der Waals surface area (Å²) in [6, 6.07) is 4.05. The number of hydrogen-bond acceptors (Lipinski definition) is 3. The fourth-order valence-corrected chi connectivity index (χ4v) is 1.35. The molecule has 0 aromatic carbocycles. The largest absolute Gasteiger partial charge is 0.394 e. The van der Waals surface area contributed by atoms with E-state index in [9.17, 15) is 0 Å². The molecule has 1 aromatic rings. The first kappa shape index (κ1) is 11.2. The van der Waals surface area contributed by atoms with Gasteiger partial charge in [-0.2, -0.15) is 0 Å². The minimum absolute atomic E-state index is 0.193. The zero-order chi connectivity index (χ0) is 10.4. The zero-order valence-electron chi connectivity index (χ0n) is 8.48. The highest BCUT2D eigenvalue weighted by molar-refractivity contribution is 5.06. The van der Waals surface area contributed by atoms with Crippen LogP contribution in [0.2, 0.25) is 0 Å². The standard InChI is InChI=1S/C10H18N2O2/c1-2-12-5-3-4-9(12)6-11-7-10(14)8-13/h3-5,10-11,13-14H,2,6-8H2,1H3. The molecule has 80 valence electrons. The number of aliphatic hydroxyl groups excluding tert-OH is 2. The van der Waals surface area contributed by atoms with Gasteiger partial charge in [0.05, 0.1) is 12.7 Å². The Morgan fingerprint density at radius 2 is 2.36 bits per heavy atom. The highest BCUT2D eigenvalue weighted by Gasteiger charge is 2.02. The SMILES string of the molecule is CCn1cccc1CNCC(O)CO. The summed E-state index contributed by atoms with van der Waals surface area (Å²) >= 11 is 0. The van der Waals surface area contributed by atoms with Crippen LogP contribution in [0.3, 0.4) is 0 Å². The first-order valence-electron chi connectivity index (χ1n) is 4.91. The Kier molecular flexibility index (Phi) is 4.65. The van der Waals surface area contributed by atoms with Gasteiger partial charge in [-0.25, -0.2) is 0 Å². The molecular weight excluding hydrogens is 180 g/mol. The molecule has 0 bridgehead atoms. The van der Waals surface area contributed by atoms with Gasteiger partial charge in [-0.05, 0) is 19.1 Å². The predicted octanol–water partition coefficient (Wildman–Crippen LogP) is -0.0492. The average Bonchev–Trinajstić information content (AvgIpc) is 2.65. The normalized spacial score (nSPS) is 13.1. The molecule has 0 fully saturated rings. The lowest BCUT2D eigenvalue weighted by atomic mass is 10.3. The Balaban J connectivity index is 2.31. The first-order valence-corrected chi connectivity index (χ1v) is 4.91. The third kappa shape index (κ3) is 3.14. The molecule has 0 aliphatic rings. The molecule has 0 aliphatic heterocycles. The lowest BCUT2D eigenvalue weighted by Crippen LogP contribution is -2.29. The Morgan fingerprint density at radius 1 is 1.57 bits per heavy atom. The molecule has 1 heterocycles. The number of nitrogens with zero attached hydrogens (tertiary/aromatic N) is 1. The van der Waals surface area contributed by atoms with E-state index in [2.05, 4.69) is 16.8 Å². The summed E-state index contributed by atoms with van der Waals surface area (Å²) in [7, 11) is 0. The number of aliphatic hydroxyl groups is 2. The molecule has 14 heavy (non-hydrogen) atoms. The van der Waals surface area contributed by atoms with Gasteiger partial charge in [-0.15, -0.1) is 0 Å². The van der Waals surface area contributed by atoms with Crippen LogP contribution in [0.15, 0.2) is 18.3 Å². The van der Waals surface area contributed by atoms with Gasteiger partial charge in [0.25, 0.3) is 0 Å². The lowest BCUT2D eigenvalue weighted by Gasteiger charge is -2.10. The van der Waals surface area contributed by atoms with Crippen molar-refractivity contribution in [1.29, 1.82) is 0 Å². The van der Waals surface area contributed by atoms with E-state index in [1.807, 2.05) is 18.3 Å². The Hall–Kier alpha value is -0.840. The van der Waals surface area contributed by atoms with Crippen LogP contribution < -0.4 is 5.32 Å². The van der Waals surface area contributed by atoms with Crippen molar-refractivity contribution in [2.24, 2.45) is 0 Å². The topological polar surface area (TPSA) is 57.4 Å². The van der Waals surface area contributed by atoms with Crippen LogP contribution in [0.4, 0.5) is 0 Å². The maximum absolute atomic E-state index is 9.09. The summed E-state index contributed by atoms with van der Waals surface area (Å²) in [5, 5.41) is 20.8. The summed E-state index contributed by atoms with van der Waals surface area (Å²) in [6.45, 7) is 3.99. The van der Waals surface area contributed by atoms with E-state index in [-0.39, 0.29) is 6.61 Å². The van der Waals surface area contributed by atoms with Crippen molar-refractivity contribution in [1.82, 2.24) is 9.88 Å². The summed E-state index contributed by atoms with van der Waals surface area (Å²) in [6.07, 6.45) is 1.36. The summed E-state index contributed by atoms with van der Waals surface area (Å²) in [5.74, 6) is 0. The van der Waals surface area contributed by atoms with Crippen LogP contribution in [-0.4, -0.2) is 34.0 Å². The fraction of sp³-hybridized carbons (Fsp3) is 0.600. The molecule has 1 aromatic heterocycles. The molecule has 3 N–H and O–H groups in total. The second-order valence-corrected chi connectivity index (χ2v) is 3.25. The van der Waals surface area contributed by atoms with Gasteiger partial charge >= 0.3 is 0 Å². The van der Waals surface area contributed by atoms with Crippen LogP contribution in [0.1, 0.15) is 12.6 Å². The number of aryl methyl sites for hydroxylation is 1. The maximum atomic E-state index is 9.09. The predicted molar refractivity (Wildman–Crippen MR) is 54.9 cm³/mol. The fourth-order valence-electron chi connectivity index (χ4n) is 1.35. The van der Waals surface area contributed by atoms with Crippen LogP contribution >= 0.6 is 0 Å². The Morgan fingerprint density at radius 3 is 3.00 bits per heavy atom. The van der Waals surface area contributed by atoms with Gasteiger partial charge in [0.2, 0.25) is 0 Å². The molecule has 1 rings (SSSR count). The molecule has 0 aliphatic carbocycles. The van der Waals surface area contributed by atoms with Crippen molar-refractivity contribution in [3.63, 3.8) is 0 Å². The number of nitrogens with one attached hydrogen (secondary N) is 1. The van der Waals surface area contributed by atoms with Crippen LogP contribution in [0.5, 0.6) is 0 Å². The highest BCUT2D eigenvalue weighted by atomic mass is 16.3. The van der Waals surface area contributed by atoms with E-state index in [0.29, 0.717) is 6.54 Å². The van der Waals surface area contributed by atoms with E-state index in [1.165, 1.54) is 5.69 Å². The quantitative estimate of drug-likeness (QED) is 0.600. The first-order chi connectivity index (χ1) is 6.77. The molecule has 0 saturated heterocycles. The Labute approximate surface area is 84.2 Å². The van der Waals surface area contributed by atoms with E-state index >= 15 is 0 Å². The third-order valence-corrected chi connectivity index (χ3v) is 2.16. The highest BCUT2D eigenvalue weighted by Crippen LogP contribution is 2.01. The molecule has 1 unspecified atom stereocenters.